The predicted octanol–water partition coefficient (Wildman–Crippen LogP) is 1.83. The minimum absolute atomic E-state index is 0.0602. The highest BCUT2D eigenvalue weighted by atomic mass is 16.8. The molecule has 3 nitrogen and oxygen atoms in total. The molecule has 74 valence electrons. The second-order valence-electron chi connectivity index (χ2n) is 3.98. The smallest absolute Gasteiger partial charge is 0.164 e. The van der Waals surface area contributed by atoms with Gasteiger partial charge in [-0.25, -0.2) is 0 Å². The van der Waals surface area contributed by atoms with Crippen LogP contribution in [-0.4, -0.2) is 24.1 Å². The van der Waals surface area contributed by atoms with Crippen LogP contribution in [0.2, 0.25) is 0 Å². The summed E-state index contributed by atoms with van der Waals surface area (Å²) in [4.78, 5) is 0. The molecule has 3 atom stereocenters. The van der Waals surface area contributed by atoms with Crippen LogP contribution < -0.4 is 0 Å². The molecule has 2 heterocycles. The molecule has 0 aliphatic carbocycles. The Labute approximate surface area is 78.7 Å². The third-order valence-electron chi connectivity index (χ3n) is 2.45. The maximum Gasteiger partial charge on any atom is 0.164 e. The summed E-state index contributed by atoms with van der Waals surface area (Å²) < 4.78 is 16.9. The molecule has 2 aliphatic heterocycles. The molecular weight excluding hydrogens is 168 g/mol. The number of hydrogen-bond acceptors (Lipinski definition) is 3. The fraction of sp³-hybridized carbons (Fsp3) is 0.800. The molecule has 0 unspecified atom stereocenters. The van der Waals surface area contributed by atoms with Gasteiger partial charge in [0.25, 0.3) is 0 Å². The van der Waals surface area contributed by atoms with Crippen molar-refractivity contribution in [2.24, 2.45) is 0 Å². The fourth-order valence-corrected chi connectivity index (χ4v) is 1.88. The first-order valence-electron chi connectivity index (χ1n) is 4.80. The van der Waals surface area contributed by atoms with Crippen LogP contribution >= 0.6 is 0 Å². The first-order chi connectivity index (χ1) is 6.12. The van der Waals surface area contributed by atoms with Gasteiger partial charge >= 0.3 is 0 Å². The van der Waals surface area contributed by atoms with Crippen molar-refractivity contribution >= 4 is 0 Å². The van der Waals surface area contributed by atoms with E-state index in [4.69, 9.17) is 14.2 Å². The maximum absolute atomic E-state index is 5.76. The van der Waals surface area contributed by atoms with Crippen molar-refractivity contribution in [3.05, 3.63) is 12.3 Å². The fourth-order valence-electron chi connectivity index (χ4n) is 1.88. The predicted molar refractivity (Wildman–Crippen MR) is 48.1 cm³/mol. The summed E-state index contributed by atoms with van der Waals surface area (Å²) in [6.07, 6.45) is 4.85. The molecule has 0 aromatic rings. The number of fused-ring (bicyclic) bond motifs is 1. The SMILES string of the molecule is CC[C@H]1OC=C[C@H]2OC(C)(C)O[C@H]21. The lowest BCUT2D eigenvalue weighted by molar-refractivity contribution is -0.152. The molecule has 0 amide bonds. The van der Waals surface area contributed by atoms with Gasteiger partial charge in [-0.05, 0) is 26.3 Å². The third-order valence-corrected chi connectivity index (χ3v) is 2.45. The molecule has 0 aromatic carbocycles. The van der Waals surface area contributed by atoms with Gasteiger partial charge in [-0.1, -0.05) is 6.92 Å². The second kappa shape index (κ2) is 3.00. The van der Waals surface area contributed by atoms with E-state index in [1.807, 2.05) is 19.9 Å². The molecule has 0 N–H and O–H groups in total. The monoisotopic (exact) mass is 184 g/mol. The molecule has 2 aliphatic rings. The highest BCUT2D eigenvalue weighted by Crippen LogP contribution is 2.34. The van der Waals surface area contributed by atoms with Crippen LogP contribution in [0.15, 0.2) is 12.3 Å². The Kier molecular flexibility index (Phi) is 2.08. The van der Waals surface area contributed by atoms with Gasteiger partial charge in [-0.2, -0.15) is 0 Å². The van der Waals surface area contributed by atoms with Crippen LogP contribution in [0.3, 0.4) is 0 Å². The maximum atomic E-state index is 5.76. The molecule has 13 heavy (non-hydrogen) atoms. The van der Waals surface area contributed by atoms with Crippen molar-refractivity contribution in [1.82, 2.24) is 0 Å². The average Bonchev–Trinajstić information content (AvgIpc) is 2.37. The lowest BCUT2D eigenvalue weighted by Crippen LogP contribution is -2.37. The average molecular weight is 184 g/mol. The van der Waals surface area contributed by atoms with Crippen LogP contribution in [0.25, 0.3) is 0 Å². The molecule has 0 saturated carbocycles. The summed E-state index contributed by atoms with van der Waals surface area (Å²) in [5, 5.41) is 0. The molecule has 3 heteroatoms. The number of rotatable bonds is 1. The highest BCUT2D eigenvalue weighted by Gasteiger charge is 2.45. The van der Waals surface area contributed by atoms with Gasteiger partial charge in [0, 0.05) is 0 Å². The van der Waals surface area contributed by atoms with Crippen molar-refractivity contribution in [3.63, 3.8) is 0 Å². The van der Waals surface area contributed by atoms with Crippen molar-refractivity contribution in [3.8, 4) is 0 Å². The van der Waals surface area contributed by atoms with E-state index >= 15 is 0 Å². The zero-order valence-corrected chi connectivity index (χ0v) is 8.32. The van der Waals surface area contributed by atoms with Crippen molar-refractivity contribution in [2.75, 3.05) is 0 Å². The van der Waals surface area contributed by atoms with E-state index in [2.05, 4.69) is 6.92 Å². The summed E-state index contributed by atoms with van der Waals surface area (Å²) in [6, 6.07) is 0. The number of hydrogen-bond donors (Lipinski definition) is 0. The van der Waals surface area contributed by atoms with Gasteiger partial charge in [-0.3, -0.25) is 0 Å². The highest BCUT2D eigenvalue weighted by molar-refractivity contribution is 5.02. The zero-order valence-electron chi connectivity index (χ0n) is 8.32. The quantitative estimate of drug-likeness (QED) is 0.622. The van der Waals surface area contributed by atoms with Gasteiger partial charge in [0.2, 0.25) is 0 Å². The standard InChI is InChI=1S/C10H16O3/c1-4-7-9-8(5-6-11-7)12-10(2,3)13-9/h5-9H,4H2,1-3H3/t7-,8-,9+/m1/s1. The van der Waals surface area contributed by atoms with E-state index in [1.54, 1.807) is 6.26 Å². The van der Waals surface area contributed by atoms with Crippen LogP contribution in [-0.2, 0) is 14.2 Å². The summed E-state index contributed by atoms with van der Waals surface area (Å²) in [7, 11) is 0. The third kappa shape index (κ3) is 1.58. The van der Waals surface area contributed by atoms with Gasteiger partial charge in [0.1, 0.15) is 18.3 Å². The molecule has 0 aromatic heterocycles. The Morgan fingerprint density at radius 1 is 1.31 bits per heavy atom. The van der Waals surface area contributed by atoms with E-state index < -0.39 is 5.79 Å². The lowest BCUT2D eigenvalue weighted by atomic mass is 10.0. The lowest BCUT2D eigenvalue weighted by Gasteiger charge is -2.27. The van der Waals surface area contributed by atoms with Gasteiger partial charge in [0.15, 0.2) is 5.79 Å². The van der Waals surface area contributed by atoms with E-state index in [1.165, 1.54) is 0 Å². The van der Waals surface area contributed by atoms with E-state index in [9.17, 15) is 0 Å². The Balaban J connectivity index is 2.14. The molecule has 0 spiro atoms. The van der Waals surface area contributed by atoms with Crippen LogP contribution in [0.1, 0.15) is 27.2 Å². The minimum Gasteiger partial charge on any atom is -0.495 e. The minimum atomic E-state index is -0.471. The molecule has 2 rings (SSSR count). The molecule has 1 fully saturated rings. The first kappa shape index (κ1) is 9.03. The normalized spacial score (nSPS) is 41.3. The molecule has 0 radical (unpaired) electrons. The largest absolute Gasteiger partial charge is 0.495 e. The molecule has 1 saturated heterocycles. The van der Waals surface area contributed by atoms with Gasteiger partial charge < -0.3 is 14.2 Å². The van der Waals surface area contributed by atoms with Crippen LogP contribution in [0.4, 0.5) is 0 Å². The summed E-state index contributed by atoms with van der Waals surface area (Å²) in [6.45, 7) is 5.97. The molecule has 0 bridgehead atoms. The summed E-state index contributed by atoms with van der Waals surface area (Å²) >= 11 is 0. The van der Waals surface area contributed by atoms with Gasteiger partial charge in [0.05, 0.1) is 6.26 Å². The van der Waals surface area contributed by atoms with Crippen molar-refractivity contribution in [2.45, 2.75) is 51.3 Å². The van der Waals surface area contributed by atoms with Crippen LogP contribution in [0.5, 0.6) is 0 Å². The Morgan fingerprint density at radius 2 is 2.08 bits per heavy atom. The van der Waals surface area contributed by atoms with E-state index in [0.29, 0.717) is 0 Å². The second-order valence-corrected chi connectivity index (χ2v) is 3.98. The zero-order chi connectivity index (χ0) is 9.47. The van der Waals surface area contributed by atoms with Crippen molar-refractivity contribution < 1.29 is 14.2 Å². The van der Waals surface area contributed by atoms with E-state index in [0.717, 1.165) is 6.42 Å². The van der Waals surface area contributed by atoms with Gasteiger partial charge in [-0.15, -0.1) is 0 Å². The topological polar surface area (TPSA) is 27.7 Å². The van der Waals surface area contributed by atoms with E-state index in [-0.39, 0.29) is 18.3 Å². The van der Waals surface area contributed by atoms with Crippen LogP contribution in [0, 0.1) is 0 Å². The Bertz CT molecular complexity index is 222. The first-order valence-corrected chi connectivity index (χ1v) is 4.80. The summed E-state index contributed by atoms with van der Waals surface area (Å²) in [5.41, 5.74) is 0. The molecular formula is C10H16O3. The Morgan fingerprint density at radius 3 is 2.77 bits per heavy atom. The number of ether oxygens (including phenoxy) is 3. The summed E-state index contributed by atoms with van der Waals surface area (Å²) in [5.74, 6) is -0.471. The Hall–Kier alpha value is -0.540. The van der Waals surface area contributed by atoms with Crippen molar-refractivity contribution in [1.29, 1.82) is 0 Å².